The van der Waals surface area contributed by atoms with Gasteiger partial charge in [-0.15, -0.1) is 0 Å². The zero-order chi connectivity index (χ0) is 8.74. The van der Waals surface area contributed by atoms with E-state index in [4.69, 9.17) is 5.11 Å². The second-order valence-electron chi connectivity index (χ2n) is 2.94. The maximum Gasteiger partial charge on any atom is 0.0877 e. The lowest BCUT2D eigenvalue weighted by Crippen LogP contribution is -2.35. The Hall–Kier alpha value is -0.0800. The van der Waals surface area contributed by atoms with Gasteiger partial charge in [0, 0.05) is 0 Å². The minimum atomic E-state index is -0.724. The van der Waals surface area contributed by atoms with E-state index in [1.165, 1.54) is 6.42 Å². The summed E-state index contributed by atoms with van der Waals surface area (Å²) < 4.78 is 0. The minimum absolute atomic E-state index is 0.0625. The highest BCUT2D eigenvalue weighted by Crippen LogP contribution is 2.26. The maximum absolute atomic E-state index is 9.43. The molecule has 0 aromatic carbocycles. The van der Waals surface area contributed by atoms with Crippen LogP contribution in [-0.2, 0) is 0 Å². The molecule has 0 aromatic rings. The lowest BCUT2D eigenvalue weighted by molar-refractivity contribution is -0.0419. The summed E-state index contributed by atoms with van der Waals surface area (Å²) in [4.78, 5) is 0. The molecule has 0 amide bonds. The van der Waals surface area contributed by atoms with E-state index >= 15 is 0 Å². The van der Waals surface area contributed by atoms with Gasteiger partial charge in [-0.05, 0) is 12.8 Å². The van der Waals surface area contributed by atoms with E-state index in [2.05, 4.69) is 0 Å². The minimum Gasteiger partial charge on any atom is -0.393 e. The van der Waals surface area contributed by atoms with Crippen LogP contribution in [0.5, 0.6) is 0 Å². The van der Waals surface area contributed by atoms with Crippen LogP contribution in [0.4, 0.5) is 0 Å². The van der Waals surface area contributed by atoms with Gasteiger partial charge in [-0.25, -0.2) is 0 Å². The van der Waals surface area contributed by atoms with Crippen LogP contribution in [0.2, 0.25) is 0 Å². The lowest BCUT2D eigenvalue weighted by atomic mass is 9.86. The number of aliphatic hydroxyl groups is 2. The molecule has 2 nitrogen and oxygen atoms in total. The molecule has 1 saturated carbocycles. The Morgan fingerprint density at radius 3 is 1.82 bits per heavy atom. The lowest BCUT2D eigenvalue weighted by Gasteiger charge is -2.29. The van der Waals surface area contributed by atoms with Crippen LogP contribution in [0.15, 0.2) is 0 Å². The maximum atomic E-state index is 9.43. The molecule has 0 saturated heterocycles. The number of aliphatic hydroxyl groups excluding tert-OH is 1. The third kappa shape index (κ3) is 3.73. The molecule has 0 aromatic heterocycles. The third-order valence-corrected chi connectivity index (χ3v) is 2.08. The fourth-order valence-corrected chi connectivity index (χ4v) is 1.37. The largest absolute Gasteiger partial charge is 0.393 e. The summed E-state index contributed by atoms with van der Waals surface area (Å²) in [5.41, 5.74) is -0.724. The molecular weight excluding hydrogens is 140 g/mol. The van der Waals surface area contributed by atoms with Crippen molar-refractivity contribution in [2.24, 2.45) is 0 Å². The van der Waals surface area contributed by atoms with E-state index in [0.717, 1.165) is 25.7 Å². The van der Waals surface area contributed by atoms with Crippen LogP contribution < -0.4 is 0 Å². The molecule has 0 spiro atoms. The normalized spacial score (nSPS) is 21.8. The predicted octanol–water partition coefficient (Wildman–Crippen LogP) is 1.70. The van der Waals surface area contributed by atoms with E-state index in [1.807, 2.05) is 13.8 Å². The molecule has 1 fully saturated rings. The van der Waals surface area contributed by atoms with Gasteiger partial charge < -0.3 is 10.2 Å². The van der Waals surface area contributed by atoms with Crippen LogP contribution in [0.3, 0.4) is 0 Å². The average molecular weight is 160 g/mol. The average Bonchev–Trinajstić information content (AvgIpc) is 2.10. The molecule has 1 aliphatic rings. The first-order valence-electron chi connectivity index (χ1n) is 4.60. The molecule has 0 aliphatic heterocycles. The topological polar surface area (TPSA) is 40.5 Å². The van der Waals surface area contributed by atoms with Gasteiger partial charge in [-0.3, -0.25) is 0 Å². The Morgan fingerprint density at radius 2 is 1.55 bits per heavy atom. The molecule has 0 heterocycles. The van der Waals surface area contributed by atoms with Gasteiger partial charge in [0.25, 0.3) is 0 Å². The summed E-state index contributed by atoms with van der Waals surface area (Å²) in [5.74, 6) is 0. The first-order valence-corrected chi connectivity index (χ1v) is 4.60. The Kier molecular flexibility index (Phi) is 5.51. The standard InChI is InChI=1S/C7H14O2.C2H6/c8-6-7(9)4-2-1-3-5-7;1-2/h8-9H,1-6H2;1-2H3. The molecule has 0 atom stereocenters. The molecule has 0 bridgehead atoms. The number of hydrogen-bond donors (Lipinski definition) is 2. The second kappa shape index (κ2) is 5.56. The van der Waals surface area contributed by atoms with Gasteiger partial charge in [0.1, 0.15) is 0 Å². The van der Waals surface area contributed by atoms with E-state index in [1.54, 1.807) is 0 Å². The smallest absolute Gasteiger partial charge is 0.0877 e. The molecular formula is C9H20O2. The SMILES string of the molecule is CC.OCC1(O)CCCCC1. The molecule has 0 radical (unpaired) electrons. The van der Waals surface area contributed by atoms with E-state index in [-0.39, 0.29) is 6.61 Å². The van der Waals surface area contributed by atoms with Gasteiger partial charge in [-0.2, -0.15) is 0 Å². The van der Waals surface area contributed by atoms with Crippen molar-refractivity contribution in [1.29, 1.82) is 0 Å². The molecule has 2 heteroatoms. The van der Waals surface area contributed by atoms with Gasteiger partial charge in [0.15, 0.2) is 0 Å². The summed E-state index contributed by atoms with van der Waals surface area (Å²) in [6, 6.07) is 0. The molecule has 11 heavy (non-hydrogen) atoms. The number of hydrogen-bond acceptors (Lipinski definition) is 2. The summed E-state index contributed by atoms with van der Waals surface area (Å²) >= 11 is 0. The molecule has 1 aliphatic carbocycles. The van der Waals surface area contributed by atoms with Gasteiger partial charge in [0.2, 0.25) is 0 Å². The second-order valence-corrected chi connectivity index (χ2v) is 2.94. The quantitative estimate of drug-likeness (QED) is 0.613. The molecule has 0 unspecified atom stereocenters. The Morgan fingerprint density at radius 1 is 1.09 bits per heavy atom. The Bertz CT molecular complexity index is 85.6. The summed E-state index contributed by atoms with van der Waals surface area (Å²) in [6.45, 7) is 3.94. The zero-order valence-electron chi connectivity index (χ0n) is 7.64. The van der Waals surface area contributed by atoms with Crippen molar-refractivity contribution >= 4 is 0 Å². The van der Waals surface area contributed by atoms with Crippen molar-refractivity contribution in [2.75, 3.05) is 6.61 Å². The Balaban J connectivity index is 0.000000461. The van der Waals surface area contributed by atoms with E-state index < -0.39 is 5.60 Å². The van der Waals surface area contributed by atoms with Gasteiger partial charge in [-0.1, -0.05) is 33.1 Å². The highest BCUT2D eigenvalue weighted by molar-refractivity contribution is 4.80. The highest BCUT2D eigenvalue weighted by atomic mass is 16.3. The summed E-state index contributed by atoms with van der Waals surface area (Å²) in [5, 5.41) is 18.1. The fourth-order valence-electron chi connectivity index (χ4n) is 1.37. The van der Waals surface area contributed by atoms with Crippen molar-refractivity contribution in [3.05, 3.63) is 0 Å². The van der Waals surface area contributed by atoms with Crippen LogP contribution in [0, 0.1) is 0 Å². The first kappa shape index (κ1) is 10.9. The van der Waals surface area contributed by atoms with Crippen LogP contribution in [-0.4, -0.2) is 22.4 Å². The van der Waals surface area contributed by atoms with Crippen LogP contribution in [0.1, 0.15) is 46.0 Å². The Labute approximate surface area is 69.2 Å². The van der Waals surface area contributed by atoms with Crippen molar-refractivity contribution in [3.8, 4) is 0 Å². The summed E-state index contributed by atoms with van der Waals surface area (Å²) in [7, 11) is 0. The van der Waals surface area contributed by atoms with E-state index in [9.17, 15) is 5.11 Å². The van der Waals surface area contributed by atoms with Gasteiger partial charge >= 0.3 is 0 Å². The molecule has 2 N–H and O–H groups in total. The highest BCUT2D eigenvalue weighted by Gasteiger charge is 2.27. The number of rotatable bonds is 1. The molecule has 1 rings (SSSR count). The van der Waals surface area contributed by atoms with E-state index in [0.29, 0.717) is 0 Å². The summed E-state index contributed by atoms with van der Waals surface area (Å²) in [6.07, 6.45) is 4.91. The fraction of sp³-hybridized carbons (Fsp3) is 1.00. The van der Waals surface area contributed by atoms with Crippen molar-refractivity contribution in [1.82, 2.24) is 0 Å². The zero-order valence-corrected chi connectivity index (χ0v) is 7.64. The van der Waals surface area contributed by atoms with Crippen LogP contribution >= 0.6 is 0 Å². The molecule has 68 valence electrons. The monoisotopic (exact) mass is 160 g/mol. The van der Waals surface area contributed by atoms with Gasteiger partial charge in [0.05, 0.1) is 12.2 Å². The first-order chi connectivity index (χ1) is 5.27. The van der Waals surface area contributed by atoms with Crippen LogP contribution in [0.25, 0.3) is 0 Å². The third-order valence-electron chi connectivity index (χ3n) is 2.08. The van der Waals surface area contributed by atoms with Crippen molar-refractivity contribution in [3.63, 3.8) is 0 Å². The van der Waals surface area contributed by atoms with Crippen molar-refractivity contribution < 1.29 is 10.2 Å². The predicted molar refractivity (Wildman–Crippen MR) is 46.5 cm³/mol. The van der Waals surface area contributed by atoms with Crippen molar-refractivity contribution in [2.45, 2.75) is 51.6 Å².